The van der Waals surface area contributed by atoms with Crippen molar-refractivity contribution in [2.45, 2.75) is 50.6 Å². The SMILES string of the molecule is CC(=O)NC1C(OCCCNC(=O)OCc2ccccc2)OC(CO)C(O)C1O. The van der Waals surface area contributed by atoms with Crippen LogP contribution in [0.3, 0.4) is 0 Å². The number of nitrogens with one attached hydrogen (secondary N) is 2. The molecule has 10 nitrogen and oxygen atoms in total. The van der Waals surface area contributed by atoms with E-state index >= 15 is 0 Å². The van der Waals surface area contributed by atoms with Gasteiger partial charge < -0.3 is 40.2 Å². The molecular formula is C19H28N2O8. The number of rotatable bonds is 9. The lowest BCUT2D eigenvalue weighted by molar-refractivity contribution is -0.270. The highest BCUT2D eigenvalue weighted by Crippen LogP contribution is 2.22. The molecule has 2 amide bonds. The van der Waals surface area contributed by atoms with E-state index < -0.39 is 49.3 Å². The summed E-state index contributed by atoms with van der Waals surface area (Å²) in [5, 5.41) is 34.5. The fourth-order valence-corrected chi connectivity index (χ4v) is 2.85. The number of aliphatic hydroxyl groups excluding tert-OH is 3. The van der Waals surface area contributed by atoms with Crippen LogP contribution in [0.1, 0.15) is 18.9 Å². The second-order valence-electron chi connectivity index (χ2n) is 6.65. The molecule has 1 saturated heterocycles. The van der Waals surface area contributed by atoms with Gasteiger partial charge in [0.2, 0.25) is 5.91 Å². The Morgan fingerprint density at radius 3 is 2.55 bits per heavy atom. The van der Waals surface area contributed by atoms with E-state index in [-0.39, 0.29) is 19.8 Å². The molecule has 1 aliphatic heterocycles. The first kappa shape index (κ1) is 23.0. The largest absolute Gasteiger partial charge is 0.445 e. The van der Waals surface area contributed by atoms with Crippen molar-refractivity contribution in [1.29, 1.82) is 0 Å². The molecule has 0 aliphatic carbocycles. The van der Waals surface area contributed by atoms with E-state index in [1.54, 1.807) is 0 Å². The van der Waals surface area contributed by atoms with Gasteiger partial charge in [0.15, 0.2) is 6.29 Å². The number of carbonyl (C=O) groups is 2. The highest BCUT2D eigenvalue weighted by atomic mass is 16.7. The third-order valence-corrected chi connectivity index (χ3v) is 4.34. The molecule has 5 N–H and O–H groups in total. The normalized spacial score (nSPS) is 26.6. The van der Waals surface area contributed by atoms with E-state index in [0.29, 0.717) is 6.42 Å². The van der Waals surface area contributed by atoms with Gasteiger partial charge in [-0.3, -0.25) is 4.79 Å². The smallest absolute Gasteiger partial charge is 0.407 e. The summed E-state index contributed by atoms with van der Waals surface area (Å²) in [6, 6.07) is 8.29. The van der Waals surface area contributed by atoms with Gasteiger partial charge in [-0.15, -0.1) is 0 Å². The van der Waals surface area contributed by atoms with Crippen molar-refractivity contribution in [3.05, 3.63) is 35.9 Å². The van der Waals surface area contributed by atoms with Gasteiger partial charge in [-0.2, -0.15) is 0 Å². The number of hydrogen-bond donors (Lipinski definition) is 5. The zero-order chi connectivity index (χ0) is 21.2. The molecule has 10 heteroatoms. The van der Waals surface area contributed by atoms with Crippen LogP contribution in [0.4, 0.5) is 4.79 Å². The second-order valence-corrected chi connectivity index (χ2v) is 6.65. The van der Waals surface area contributed by atoms with Crippen molar-refractivity contribution in [3.8, 4) is 0 Å². The Hall–Kier alpha value is -2.24. The van der Waals surface area contributed by atoms with Crippen LogP contribution in [0.2, 0.25) is 0 Å². The maximum absolute atomic E-state index is 11.7. The fourth-order valence-electron chi connectivity index (χ4n) is 2.85. The molecule has 2 rings (SSSR count). The van der Waals surface area contributed by atoms with Crippen molar-refractivity contribution in [2.24, 2.45) is 0 Å². The van der Waals surface area contributed by atoms with Crippen molar-refractivity contribution in [3.63, 3.8) is 0 Å². The van der Waals surface area contributed by atoms with Gasteiger partial charge >= 0.3 is 6.09 Å². The lowest BCUT2D eigenvalue weighted by Gasteiger charge is -2.42. The first-order chi connectivity index (χ1) is 13.9. The van der Waals surface area contributed by atoms with Gasteiger partial charge in [0.05, 0.1) is 13.2 Å². The first-order valence-electron chi connectivity index (χ1n) is 9.38. The minimum atomic E-state index is -1.36. The molecule has 0 radical (unpaired) electrons. The third-order valence-electron chi connectivity index (χ3n) is 4.34. The average molecular weight is 412 g/mol. The van der Waals surface area contributed by atoms with E-state index in [4.69, 9.17) is 14.2 Å². The topological polar surface area (TPSA) is 147 Å². The molecule has 1 fully saturated rings. The molecule has 162 valence electrons. The Morgan fingerprint density at radius 2 is 1.90 bits per heavy atom. The Bertz CT molecular complexity index is 644. The molecule has 1 aromatic carbocycles. The number of aliphatic hydroxyl groups is 3. The second kappa shape index (κ2) is 11.7. The highest BCUT2D eigenvalue weighted by Gasteiger charge is 2.45. The van der Waals surface area contributed by atoms with Crippen LogP contribution in [0.25, 0.3) is 0 Å². The van der Waals surface area contributed by atoms with Crippen LogP contribution in [0, 0.1) is 0 Å². The summed E-state index contributed by atoms with van der Waals surface area (Å²) >= 11 is 0. The molecule has 1 aromatic rings. The van der Waals surface area contributed by atoms with Crippen LogP contribution in [0.5, 0.6) is 0 Å². The van der Waals surface area contributed by atoms with Gasteiger partial charge in [-0.1, -0.05) is 30.3 Å². The maximum atomic E-state index is 11.7. The van der Waals surface area contributed by atoms with Crippen LogP contribution >= 0.6 is 0 Å². The van der Waals surface area contributed by atoms with E-state index in [2.05, 4.69) is 10.6 Å². The summed E-state index contributed by atoms with van der Waals surface area (Å²) < 4.78 is 16.1. The van der Waals surface area contributed by atoms with E-state index in [0.717, 1.165) is 5.56 Å². The molecular weight excluding hydrogens is 384 g/mol. The standard InChI is InChI=1S/C19H28N2O8/c1-12(23)21-15-17(25)16(24)14(10-22)29-18(15)27-9-5-8-20-19(26)28-11-13-6-3-2-4-7-13/h2-4,6-7,14-18,22,24-25H,5,8-11H2,1H3,(H,20,26)(H,21,23). The van der Waals surface area contributed by atoms with E-state index in [9.17, 15) is 24.9 Å². The number of carbonyl (C=O) groups excluding carboxylic acids is 2. The third kappa shape index (κ3) is 7.26. The van der Waals surface area contributed by atoms with Crippen molar-refractivity contribution in [2.75, 3.05) is 19.8 Å². The summed E-state index contributed by atoms with van der Waals surface area (Å²) in [6.45, 7) is 1.33. The van der Waals surface area contributed by atoms with Crippen LogP contribution in [0.15, 0.2) is 30.3 Å². The molecule has 29 heavy (non-hydrogen) atoms. The molecule has 0 bridgehead atoms. The van der Waals surface area contributed by atoms with Crippen LogP contribution in [-0.4, -0.2) is 77.7 Å². The number of benzene rings is 1. The summed E-state index contributed by atoms with van der Waals surface area (Å²) in [7, 11) is 0. The zero-order valence-corrected chi connectivity index (χ0v) is 16.2. The Kier molecular flexibility index (Phi) is 9.29. The lowest BCUT2D eigenvalue weighted by atomic mass is 9.97. The minimum absolute atomic E-state index is 0.140. The molecule has 1 heterocycles. The molecule has 5 atom stereocenters. The summed E-state index contributed by atoms with van der Waals surface area (Å²) in [5.41, 5.74) is 0.878. The minimum Gasteiger partial charge on any atom is -0.445 e. The fraction of sp³-hybridized carbons (Fsp3) is 0.579. The van der Waals surface area contributed by atoms with Gasteiger partial charge in [0.1, 0.15) is 31.0 Å². The van der Waals surface area contributed by atoms with Gasteiger partial charge in [0.25, 0.3) is 0 Å². The van der Waals surface area contributed by atoms with Crippen molar-refractivity contribution < 1.29 is 39.1 Å². The molecule has 0 saturated carbocycles. The summed E-state index contributed by atoms with van der Waals surface area (Å²) in [6.07, 6.45) is -4.96. The Labute approximate surface area is 168 Å². The molecule has 1 aliphatic rings. The highest BCUT2D eigenvalue weighted by molar-refractivity contribution is 5.73. The zero-order valence-electron chi connectivity index (χ0n) is 16.2. The maximum Gasteiger partial charge on any atom is 0.407 e. The molecule has 5 unspecified atom stereocenters. The van der Waals surface area contributed by atoms with Crippen LogP contribution in [-0.2, 0) is 25.6 Å². The monoisotopic (exact) mass is 412 g/mol. The van der Waals surface area contributed by atoms with Crippen LogP contribution < -0.4 is 10.6 Å². The number of alkyl carbamates (subject to hydrolysis) is 1. The summed E-state index contributed by atoms with van der Waals surface area (Å²) in [4.78, 5) is 23.0. The molecule has 0 aromatic heterocycles. The van der Waals surface area contributed by atoms with Gasteiger partial charge in [0, 0.05) is 13.5 Å². The van der Waals surface area contributed by atoms with E-state index in [1.165, 1.54) is 6.92 Å². The van der Waals surface area contributed by atoms with Crippen molar-refractivity contribution in [1.82, 2.24) is 10.6 Å². The predicted molar refractivity (Wildman–Crippen MR) is 101 cm³/mol. The van der Waals surface area contributed by atoms with Crippen molar-refractivity contribution >= 4 is 12.0 Å². The van der Waals surface area contributed by atoms with Gasteiger partial charge in [-0.25, -0.2) is 4.79 Å². The average Bonchev–Trinajstić information content (AvgIpc) is 2.71. The number of hydrogen-bond acceptors (Lipinski definition) is 8. The Morgan fingerprint density at radius 1 is 1.17 bits per heavy atom. The summed E-state index contributed by atoms with van der Waals surface area (Å²) in [5.74, 6) is -0.427. The van der Waals surface area contributed by atoms with E-state index in [1.807, 2.05) is 30.3 Å². The number of ether oxygens (including phenoxy) is 3. The van der Waals surface area contributed by atoms with Gasteiger partial charge in [-0.05, 0) is 12.0 Å². The number of amides is 2. The first-order valence-corrected chi connectivity index (χ1v) is 9.38. The molecule has 0 spiro atoms. The quantitative estimate of drug-likeness (QED) is 0.334. The predicted octanol–water partition coefficient (Wildman–Crippen LogP) is -0.737. The Balaban J connectivity index is 1.71. The lowest BCUT2D eigenvalue weighted by Crippen LogP contribution is -2.64.